The molecule has 1 heterocycles. The zero-order chi connectivity index (χ0) is 22.5. The first kappa shape index (κ1) is 23.3. The third-order valence-electron chi connectivity index (χ3n) is 4.31. The molecule has 162 valence electrons. The summed E-state index contributed by atoms with van der Waals surface area (Å²) in [5.41, 5.74) is 1.47. The van der Waals surface area contributed by atoms with Gasteiger partial charge in [0.15, 0.2) is 0 Å². The monoisotopic (exact) mass is 426 g/mol. The van der Waals surface area contributed by atoms with Crippen molar-refractivity contribution in [1.82, 2.24) is 10.3 Å². The summed E-state index contributed by atoms with van der Waals surface area (Å²) in [5, 5.41) is 2.74. The molecule has 0 saturated heterocycles. The highest BCUT2D eigenvalue weighted by Gasteiger charge is 2.43. The number of ether oxygens (including phenoxy) is 1. The Bertz CT molecular complexity index is 886. The summed E-state index contributed by atoms with van der Waals surface area (Å²) < 4.78 is 54.2. The SMILES string of the molecule is CC(C)C(=O)Cc1cc(C(C)NC(=O)c2ccc(OC(F)(F)C(F)F)cc2)ccn1. The minimum absolute atomic E-state index is 0.0519. The van der Waals surface area contributed by atoms with Gasteiger partial charge in [-0.1, -0.05) is 13.8 Å². The molecule has 0 aliphatic heterocycles. The van der Waals surface area contributed by atoms with Gasteiger partial charge in [-0.05, 0) is 48.9 Å². The van der Waals surface area contributed by atoms with Crippen LogP contribution >= 0.6 is 0 Å². The summed E-state index contributed by atoms with van der Waals surface area (Å²) in [6, 6.07) is 7.42. The molecule has 1 aromatic heterocycles. The number of carbonyl (C=O) groups is 2. The Labute approximate surface area is 171 Å². The second-order valence-corrected chi connectivity index (χ2v) is 7.06. The van der Waals surface area contributed by atoms with Crippen molar-refractivity contribution < 1.29 is 31.9 Å². The quantitative estimate of drug-likeness (QED) is 0.596. The second kappa shape index (κ2) is 9.69. The first-order valence-electron chi connectivity index (χ1n) is 9.23. The van der Waals surface area contributed by atoms with Gasteiger partial charge in [0.2, 0.25) is 0 Å². The molecule has 1 atom stereocenters. The van der Waals surface area contributed by atoms with Crippen molar-refractivity contribution in [2.75, 3.05) is 0 Å². The highest BCUT2D eigenvalue weighted by molar-refractivity contribution is 5.94. The van der Waals surface area contributed by atoms with Crippen LogP contribution in [0, 0.1) is 5.92 Å². The topological polar surface area (TPSA) is 68.3 Å². The zero-order valence-electron chi connectivity index (χ0n) is 16.7. The van der Waals surface area contributed by atoms with Gasteiger partial charge in [0.1, 0.15) is 11.5 Å². The van der Waals surface area contributed by atoms with Crippen LogP contribution in [0.5, 0.6) is 5.75 Å². The number of hydrogen-bond donors (Lipinski definition) is 1. The lowest BCUT2D eigenvalue weighted by molar-refractivity contribution is -0.253. The van der Waals surface area contributed by atoms with E-state index < -0.39 is 30.2 Å². The standard InChI is InChI=1S/C21H22F4N2O3/c1-12(2)18(28)11-16-10-15(8-9-26-16)13(3)27-19(29)14-4-6-17(7-5-14)30-21(24,25)20(22)23/h4-10,12-13,20H,11H2,1-3H3,(H,27,29). The molecule has 0 bridgehead atoms. The molecule has 30 heavy (non-hydrogen) atoms. The lowest BCUT2D eigenvalue weighted by Gasteiger charge is -2.17. The average Bonchev–Trinajstić information content (AvgIpc) is 2.68. The molecule has 9 heteroatoms. The Morgan fingerprint density at radius 1 is 1.10 bits per heavy atom. The number of hydrogen-bond acceptors (Lipinski definition) is 4. The summed E-state index contributed by atoms with van der Waals surface area (Å²) in [5.74, 6) is -1.04. The Balaban J connectivity index is 2.03. The number of pyridine rings is 1. The van der Waals surface area contributed by atoms with E-state index >= 15 is 0 Å². The fourth-order valence-electron chi connectivity index (χ4n) is 2.48. The van der Waals surface area contributed by atoms with E-state index in [0.717, 1.165) is 17.7 Å². The molecule has 0 radical (unpaired) electrons. The molecule has 0 spiro atoms. The molecule has 1 N–H and O–H groups in total. The van der Waals surface area contributed by atoms with Crippen molar-refractivity contribution in [3.8, 4) is 5.75 Å². The van der Waals surface area contributed by atoms with Crippen LogP contribution in [0.4, 0.5) is 17.6 Å². The second-order valence-electron chi connectivity index (χ2n) is 7.06. The normalized spacial score (nSPS) is 12.7. The minimum Gasteiger partial charge on any atom is -0.428 e. The van der Waals surface area contributed by atoms with Gasteiger partial charge in [0.25, 0.3) is 5.91 Å². The number of halogens is 4. The molecular formula is C21H22F4N2O3. The Morgan fingerprint density at radius 2 is 1.73 bits per heavy atom. The largest absolute Gasteiger partial charge is 0.461 e. The van der Waals surface area contributed by atoms with E-state index in [1.165, 1.54) is 12.1 Å². The maximum atomic E-state index is 12.9. The predicted molar refractivity (Wildman–Crippen MR) is 102 cm³/mol. The first-order valence-corrected chi connectivity index (χ1v) is 9.23. The minimum atomic E-state index is -4.62. The molecule has 1 amide bonds. The number of rotatable bonds is 9. The molecule has 5 nitrogen and oxygen atoms in total. The van der Waals surface area contributed by atoms with Gasteiger partial charge in [0.05, 0.1) is 6.04 Å². The first-order chi connectivity index (χ1) is 14.0. The lowest BCUT2D eigenvalue weighted by Crippen LogP contribution is -2.33. The number of nitrogens with zero attached hydrogens (tertiary/aromatic N) is 1. The lowest BCUT2D eigenvalue weighted by atomic mass is 10.0. The fourth-order valence-corrected chi connectivity index (χ4v) is 2.48. The maximum Gasteiger partial charge on any atom is 0.461 e. The molecule has 2 aromatic rings. The summed E-state index contributed by atoms with van der Waals surface area (Å²) in [6.45, 7) is 5.35. The van der Waals surface area contributed by atoms with Crippen molar-refractivity contribution >= 4 is 11.7 Å². The molecule has 0 aliphatic carbocycles. The van der Waals surface area contributed by atoms with E-state index in [-0.39, 0.29) is 23.7 Å². The highest BCUT2D eigenvalue weighted by atomic mass is 19.3. The third kappa shape index (κ3) is 6.27. The number of ketones is 1. The van der Waals surface area contributed by atoms with E-state index in [2.05, 4.69) is 15.0 Å². The van der Waals surface area contributed by atoms with Crippen molar-refractivity contribution in [3.63, 3.8) is 0 Å². The van der Waals surface area contributed by atoms with Crippen LogP contribution in [0.15, 0.2) is 42.6 Å². The summed E-state index contributed by atoms with van der Waals surface area (Å²) in [6.07, 6.45) is -6.84. The van der Waals surface area contributed by atoms with Gasteiger partial charge < -0.3 is 10.1 Å². The summed E-state index contributed by atoms with van der Waals surface area (Å²) >= 11 is 0. The number of aromatic nitrogens is 1. The van der Waals surface area contributed by atoms with Gasteiger partial charge in [-0.15, -0.1) is 0 Å². The molecule has 1 unspecified atom stereocenters. The van der Waals surface area contributed by atoms with Crippen LogP contribution < -0.4 is 10.1 Å². The molecule has 2 rings (SSSR count). The third-order valence-corrected chi connectivity index (χ3v) is 4.31. The van der Waals surface area contributed by atoms with Crippen molar-refractivity contribution in [3.05, 3.63) is 59.4 Å². The van der Waals surface area contributed by atoms with Crippen LogP contribution in [0.1, 0.15) is 48.4 Å². The smallest absolute Gasteiger partial charge is 0.428 e. The van der Waals surface area contributed by atoms with Crippen LogP contribution in [0.25, 0.3) is 0 Å². The Kier molecular flexibility index (Phi) is 7.53. The van der Waals surface area contributed by atoms with E-state index in [1.54, 1.807) is 39.1 Å². The van der Waals surface area contributed by atoms with Crippen LogP contribution in [-0.2, 0) is 11.2 Å². The zero-order valence-corrected chi connectivity index (χ0v) is 16.7. The number of nitrogens with one attached hydrogen (secondary N) is 1. The van der Waals surface area contributed by atoms with E-state index in [0.29, 0.717) is 5.69 Å². The van der Waals surface area contributed by atoms with Crippen LogP contribution in [0.3, 0.4) is 0 Å². The molecular weight excluding hydrogens is 404 g/mol. The van der Waals surface area contributed by atoms with E-state index in [1.807, 2.05) is 0 Å². The molecule has 0 aliphatic rings. The predicted octanol–water partition coefficient (Wildman–Crippen LogP) is 4.58. The van der Waals surface area contributed by atoms with Crippen molar-refractivity contribution in [1.29, 1.82) is 0 Å². The molecule has 0 fully saturated rings. The number of amides is 1. The van der Waals surface area contributed by atoms with Gasteiger partial charge in [0, 0.05) is 29.8 Å². The Morgan fingerprint density at radius 3 is 2.30 bits per heavy atom. The van der Waals surface area contributed by atoms with Crippen molar-refractivity contribution in [2.45, 2.75) is 45.8 Å². The van der Waals surface area contributed by atoms with E-state index in [9.17, 15) is 27.2 Å². The number of Topliss-reactive ketones (excluding diaryl/α,β-unsaturated/α-hetero) is 1. The summed E-state index contributed by atoms with van der Waals surface area (Å²) in [7, 11) is 0. The number of benzene rings is 1. The number of alkyl halides is 4. The fraction of sp³-hybridized carbons (Fsp3) is 0.381. The van der Waals surface area contributed by atoms with Gasteiger partial charge in [-0.3, -0.25) is 14.6 Å². The van der Waals surface area contributed by atoms with E-state index in [4.69, 9.17) is 0 Å². The summed E-state index contributed by atoms with van der Waals surface area (Å²) in [4.78, 5) is 28.5. The Hall–Kier alpha value is -2.97. The van der Waals surface area contributed by atoms with Crippen LogP contribution in [0.2, 0.25) is 0 Å². The molecule has 0 saturated carbocycles. The number of carbonyl (C=O) groups excluding carboxylic acids is 2. The van der Waals surface area contributed by atoms with Crippen molar-refractivity contribution in [2.24, 2.45) is 5.92 Å². The van der Waals surface area contributed by atoms with Crippen LogP contribution in [-0.4, -0.2) is 29.2 Å². The van der Waals surface area contributed by atoms with Gasteiger partial charge in [-0.25, -0.2) is 0 Å². The molecule has 1 aromatic carbocycles. The van der Waals surface area contributed by atoms with Gasteiger partial charge in [-0.2, -0.15) is 17.6 Å². The maximum absolute atomic E-state index is 12.9. The highest BCUT2D eigenvalue weighted by Crippen LogP contribution is 2.27. The van der Waals surface area contributed by atoms with Gasteiger partial charge >= 0.3 is 12.5 Å². The average molecular weight is 426 g/mol.